The fourth-order valence-electron chi connectivity index (χ4n) is 1.21. The minimum Gasteiger partial charge on any atom is -0.382 e. The van der Waals surface area contributed by atoms with Gasteiger partial charge in [-0.05, 0) is 19.8 Å². The van der Waals surface area contributed by atoms with Crippen LogP contribution in [0.1, 0.15) is 25.1 Å². The van der Waals surface area contributed by atoms with Crippen LogP contribution in [0.3, 0.4) is 0 Å². The highest BCUT2D eigenvalue weighted by Gasteiger charge is 2.06. The highest BCUT2D eigenvalue weighted by molar-refractivity contribution is 6.17. The molecule has 0 aliphatic rings. The second-order valence-electron chi connectivity index (χ2n) is 3.29. The van der Waals surface area contributed by atoms with Gasteiger partial charge in [0.2, 0.25) is 0 Å². The first-order valence-corrected chi connectivity index (χ1v) is 5.27. The van der Waals surface area contributed by atoms with Crippen LogP contribution in [0, 0.1) is 0 Å². The highest BCUT2D eigenvalue weighted by atomic mass is 35.5. The number of hydrogen-bond donors (Lipinski definition) is 0. The minimum absolute atomic E-state index is 0.234. The monoisotopic (exact) mass is 217 g/mol. The Morgan fingerprint density at radius 1 is 1.64 bits per heavy atom. The van der Waals surface area contributed by atoms with Gasteiger partial charge in [-0.1, -0.05) is 5.21 Å². The summed E-state index contributed by atoms with van der Waals surface area (Å²) in [5.41, 5.74) is 0.994. The number of methoxy groups -OCH3 is 1. The minimum atomic E-state index is 0.234. The fraction of sp³-hybridized carbons (Fsp3) is 0.778. The summed E-state index contributed by atoms with van der Waals surface area (Å²) in [5, 5.41) is 8.09. The van der Waals surface area contributed by atoms with E-state index in [1.165, 1.54) is 0 Å². The number of ether oxygens (including phenoxy) is 1. The molecule has 0 N–H and O–H groups in total. The molecule has 0 saturated heterocycles. The van der Waals surface area contributed by atoms with E-state index in [4.69, 9.17) is 16.3 Å². The molecule has 1 heterocycles. The summed E-state index contributed by atoms with van der Waals surface area (Å²) in [4.78, 5) is 0. The molecule has 0 aliphatic carbocycles. The van der Waals surface area contributed by atoms with Crippen LogP contribution in [-0.4, -0.2) is 34.6 Å². The maximum Gasteiger partial charge on any atom is 0.0827 e. The molecule has 0 saturated carbocycles. The van der Waals surface area contributed by atoms with E-state index in [2.05, 4.69) is 10.3 Å². The number of alkyl halides is 1. The number of rotatable bonds is 6. The lowest BCUT2D eigenvalue weighted by molar-refractivity contribution is 0.156. The maximum absolute atomic E-state index is 5.60. The van der Waals surface area contributed by atoms with Crippen LogP contribution < -0.4 is 0 Å². The molecule has 0 radical (unpaired) electrons. The molecule has 0 fully saturated rings. The van der Waals surface area contributed by atoms with Gasteiger partial charge in [0.25, 0.3) is 0 Å². The van der Waals surface area contributed by atoms with Gasteiger partial charge >= 0.3 is 0 Å². The smallest absolute Gasteiger partial charge is 0.0827 e. The molecule has 14 heavy (non-hydrogen) atoms. The molecular formula is C9H16ClN3O. The van der Waals surface area contributed by atoms with Crippen LogP contribution in [0.2, 0.25) is 0 Å². The quantitative estimate of drug-likeness (QED) is 0.681. The molecule has 80 valence electrons. The van der Waals surface area contributed by atoms with Crippen molar-refractivity contribution in [3.63, 3.8) is 0 Å². The third kappa shape index (κ3) is 3.27. The molecule has 1 unspecified atom stereocenters. The second-order valence-corrected chi connectivity index (χ2v) is 3.66. The lowest BCUT2D eigenvalue weighted by Gasteiger charge is -2.08. The average Bonchev–Trinajstić information content (AvgIpc) is 2.63. The van der Waals surface area contributed by atoms with Gasteiger partial charge in [0.05, 0.1) is 18.3 Å². The Balaban J connectivity index is 2.49. The number of nitrogens with zero attached hydrogens (tertiary/aromatic N) is 3. The predicted octanol–water partition coefficient (Wildman–Crippen LogP) is 1.66. The van der Waals surface area contributed by atoms with E-state index in [0.29, 0.717) is 12.5 Å². The van der Waals surface area contributed by atoms with Crippen LogP contribution in [0.25, 0.3) is 0 Å². The Morgan fingerprint density at radius 2 is 2.43 bits per heavy atom. The van der Waals surface area contributed by atoms with Crippen molar-refractivity contribution < 1.29 is 4.74 Å². The average molecular weight is 218 g/mol. The van der Waals surface area contributed by atoms with E-state index in [1.807, 2.05) is 17.8 Å². The molecule has 5 heteroatoms. The predicted molar refractivity (Wildman–Crippen MR) is 55.7 cm³/mol. The van der Waals surface area contributed by atoms with Crippen LogP contribution in [-0.2, 0) is 11.2 Å². The van der Waals surface area contributed by atoms with Crippen molar-refractivity contribution in [3.8, 4) is 0 Å². The molecule has 0 spiro atoms. The van der Waals surface area contributed by atoms with Crippen molar-refractivity contribution in [3.05, 3.63) is 11.9 Å². The van der Waals surface area contributed by atoms with E-state index in [9.17, 15) is 0 Å². The molecular weight excluding hydrogens is 202 g/mol. The first-order valence-electron chi connectivity index (χ1n) is 4.73. The number of hydrogen-bond acceptors (Lipinski definition) is 3. The molecule has 0 bridgehead atoms. The molecule has 1 rings (SSSR count). The van der Waals surface area contributed by atoms with Crippen LogP contribution in [0.15, 0.2) is 6.20 Å². The number of aromatic nitrogens is 3. The largest absolute Gasteiger partial charge is 0.382 e. The Morgan fingerprint density at radius 3 is 3.07 bits per heavy atom. The summed E-state index contributed by atoms with van der Waals surface area (Å²) in [6.07, 6.45) is 3.79. The van der Waals surface area contributed by atoms with E-state index in [1.54, 1.807) is 7.11 Å². The summed E-state index contributed by atoms with van der Waals surface area (Å²) in [6, 6.07) is 0.234. The first kappa shape index (κ1) is 11.5. The summed E-state index contributed by atoms with van der Waals surface area (Å²) in [6.45, 7) is 2.70. The fourth-order valence-corrected chi connectivity index (χ4v) is 1.34. The normalized spacial score (nSPS) is 13.1. The van der Waals surface area contributed by atoms with Gasteiger partial charge in [-0.3, -0.25) is 0 Å². The van der Waals surface area contributed by atoms with E-state index >= 15 is 0 Å². The standard InChI is InChI=1S/C9H16ClN3O/c1-8(7-14-2)13-6-9(11-12-13)4-3-5-10/h6,8H,3-5,7H2,1-2H3. The van der Waals surface area contributed by atoms with Crippen LogP contribution in [0.4, 0.5) is 0 Å². The molecule has 1 aromatic rings. The van der Waals surface area contributed by atoms with Gasteiger partial charge in [0, 0.05) is 19.2 Å². The van der Waals surface area contributed by atoms with Crippen LogP contribution >= 0.6 is 11.6 Å². The molecule has 0 amide bonds. The van der Waals surface area contributed by atoms with Crippen molar-refractivity contribution in [1.82, 2.24) is 15.0 Å². The molecule has 0 aromatic carbocycles. The number of halogens is 1. The van der Waals surface area contributed by atoms with E-state index < -0.39 is 0 Å². The Labute approximate surface area is 89.2 Å². The zero-order valence-electron chi connectivity index (χ0n) is 8.61. The topological polar surface area (TPSA) is 39.9 Å². The van der Waals surface area contributed by atoms with Crippen molar-refractivity contribution in [2.75, 3.05) is 19.6 Å². The van der Waals surface area contributed by atoms with Gasteiger partial charge < -0.3 is 4.74 Å². The van der Waals surface area contributed by atoms with Crippen molar-refractivity contribution in [1.29, 1.82) is 0 Å². The second kappa shape index (κ2) is 5.98. The SMILES string of the molecule is COCC(C)n1cc(CCCCl)nn1. The molecule has 4 nitrogen and oxygen atoms in total. The Hall–Kier alpha value is -0.610. The van der Waals surface area contributed by atoms with Gasteiger partial charge in [-0.15, -0.1) is 16.7 Å². The summed E-state index contributed by atoms with van der Waals surface area (Å²) >= 11 is 5.60. The zero-order chi connectivity index (χ0) is 10.4. The van der Waals surface area contributed by atoms with Gasteiger partial charge in [-0.25, -0.2) is 4.68 Å². The first-order chi connectivity index (χ1) is 6.77. The van der Waals surface area contributed by atoms with E-state index in [0.717, 1.165) is 18.5 Å². The summed E-state index contributed by atoms with van der Waals surface area (Å²) in [5.74, 6) is 0.667. The van der Waals surface area contributed by atoms with Gasteiger partial charge in [-0.2, -0.15) is 0 Å². The molecule has 1 aromatic heterocycles. The van der Waals surface area contributed by atoms with Crippen LogP contribution in [0.5, 0.6) is 0 Å². The van der Waals surface area contributed by atoms with Crippen molar-refractivity contribution in [2.45, 2.75) is 25.8 Å². The highest BCUT2D eigenvalue weighted by Crippen LogP contribution is 2.06. The van der Waals surface area contributed by atoms with Crippen molar-refractivity contribution in [2.24, 2.45) is 0 Å². The summed E-state index contributed by atoms with van der Waals surface area (Å²) < 4.78 is 6.87. The van der Waals surface area contributed by atoms with Gasteiger partial charge in [0.1, 0.15) is 0 Å². The zero-order valence-corrected chi connectivity index (χ0v) is 9.37. The van der Waals surface area contributed by atoms with Gasteiger partial charge in [0.15, 0.2) is 0 Å². The lowest BCUT2D eigenvalue weighted by Crippen LogP contribution is -2.11. The van der Waals surface area contributed by atoms with E-state index in [-0.39, 0.29) is 6.04 Å². The molecule has 1 atom stereocenters. The number of aryl methyl sites for hydroxylation is 1. The third-order valence-corrected chi connectivity index (χ3v) is 2.25. The third-order valence-electron chi connectivity index (χ3n) is 1.98. The molecule has 0 aliphatic heterocycles. The maximum atomic E-state index is 5.60. The summed E-state index contributed by atoms with van der Waals surface area (Å²) in [7, 11) is 1.68. The Kier molecular flexibility index (Phi) is 4.90. The Bertz CT molecular complexity index is 264. The lowest BCUT2D eigenvalue weighted by atomic mass is 10.3. The van der Waals surface area contributed by atoms with Crippen molar-refractivity contribution >= 4 is 11.6 Å².